The van der Waals surface area contributed by atoms with Crippen molar-refractivity contribution in [1.82, 2.24) is 15.1 Å². The molecule has 0 saturated carbocycles. The first kappa shape index (κ1) is 20.3. The number of ether oxygens (including phenoxy) is 2. The molecule has 0 saturated heterocycles. The number of rotatable bonds is 6. The summed E-state index contributed by atoms with van der Waals surface area (Å²) in [6, 6.07) is 14.0. The van der Waals surface area contributed by atoms with Crippen LogP contribution in [0.15, 0.2) is 59.8 Å². The van der Waals surface area contributed by atoms with Gasteiger partial charge in [0.05, 0.1) is 6.20 Å². The third-order valence-electron chi connectivity index (χ3n) is 5.20. The molecule has 0 radical (unpaired) electrons. The van der Waals surface area contributed by atoms with Gasteiger partial charge in [-0.25, -0.2) is 0 Å². The SMILES string of the molecule is CSc1ccc(CNC(=O)C(C)(C)n2cc(-c3ccc4c(c3)OCCO4)cn2)cc1. The van der Waals surface area contributed by atoms with Crippen molar-refractivity contribution in [3.8, 4) is 22.6 Å². The van der Waals surface area contributed by atoms with E-state index >= 15 is 0 Å². The molecule has 2 aromatic carbocycles. The summed E-state index contributed by atoms with van der Waals surface area (Å²) in [5, 5.41) is 7.48. The molecule has 0 aliphatic carbocycles. The van der Waals surface area contributed by atoms with E-state index in [4.69, 9.17) is 9.47 Å². The van der Waals surface area contributed by atoms with Crippen LogP contribution in [0, 0.1) is 0 Å². The molecule has 0 bridgehead atoms. The summed E-state index contributed by atoms with van der Waals surface area (Å²) in [6.07, 6.45) is 5.70. The van der Waals surface area contributed by atoms with Crippen molar-refractivity contribution in [2.45, 2.75) is 30.8 Å². The summed E-state index contributed by atoms with van der Waals surface area (Å²) in [4.78, 5) is 14.1. The second kappa shape index (κ2) is 8.44. The molecule has 30 heavy (non-hydrogen) atoms. The van der Waals surface area contributed by atoms with Crippen LogP contribution in [0.3, 0.4) is 0 Å². The van der Waals surface area contributed by atoms with Crippen LogP contribution < -0.4 is 14.8 Å². The van der Waals surface area contributed by atoms with Crippen molar-refractivity contribution in [2.75, 3.05) is 19.5 Å². The summed E-state index contributed by atoms with van der Waals surface area (Å²) < 4.78 is 12.9. The highest BCUT2D eigenvalue weighted by molar-refractivity contribution is 7.98. The second-order valence-corrected chi connectivity index (χ2v) is 8.50. The topological polar surface area (TPSA) is 65.4 Å². The molecule has 1 aromatic heterocycles. The molecule has 4 rings (SSSR count). The third-order valence-corrected chi connectivity index (χ3v) is 5.94. The summed E-state index contributed by atoms with van der Waals surface area (Å²) in [5.41, 5.74) is 2.12. The Bertz CT molecular complexity index is 1040. The van der Waals surface area contributed by atoms with Gasteiger partial charge in [-0.3, -0.25) is 9.48 Å². The Balaban J connectivity index is 1.46. The van der Waals surface area contributed by atoms with Crippen LogP contribution in [0.2, 0.25) is 0 Å². The lowest BCUT2D eigenvalue weighted by Gasteiger charge is -2.24. The number of nitrogens with zero attached hydrogens (tertiary/aromatic N) is 2. The number of carbonyl (C=O) groups is 1. The maximum atomic E-state index is 12.9. The maximum Gasteiger partial charge on any atom is 0.247 e. The Morgan fingerprint density at radius 2 is 1.83 bits per heavy atom. The lowest BCUT2D eigenvalue weighted by atomic mass is 10.0. The van der Waals surface area contributed by atoms with E-state index in [1.54, 1.807) is 22.6 Å². The van der Waals surface area contributed by atoms with Crippen LogP contribution in [0.5, 0.6) is 11.5 Å². The first-order chi connectivity index (χ1) is 14.5. The van der Waals surface area contributed by atoms with Gasteiger partial charge in [-0.15, -0.1) is 11.8 Å². The van der Waals surface area contributed by atoms with E-state index < -0.39 is 5.54 Å². The fourth-order valence-corrected chi connectivity index (χ4v) is 3.65. The fourth-order valence-electron chi connectivity index (χ4n) is 3.25. The lowest BCUT2D eigenvalue weighted by molar-refractivity contribution is -0.129. The van der Waals surface area contributed by atoms with Crippen LogP contribution in [0.4, 0.5) is 0 Å². The molecule has 0 atom stereocenters. The van der Waals surface area contributed by atoms with Crippen LogP contribution >= 0.6 is 11.8 Å². The molecule has 0 unspecified atom stereocenters. The molecular formula is C23H25N3O3S. The van der Waals surface area contributed by atoms with Gasteiger partial charge < -0.3 is 14.8 Å². The van der Waals surface area contributed by atoms with Crippen molar-refractivity contribution in [1.29, 1.82) is 0 Å². The van der Waals surface area contributed by atoms with E-state index in [-0.39, 0.29) is 5.91 Å². The van der Waals surface area contributed by atoms with Crippen LogP contribution in [-0.2, 0) is 16.9 Å². The van der Waals surface area contributed by atoms with Gasteiger partial charge in [0, 0.05) is 23.2 Å². The van der Waals surface area contributed by atoms with E-state index in [0.717, 1.165) is 28.2 Å². The molecule has 2 heterocycles. The molecule has 7 heteroatoms. The number of fused-ring (bicyclic) bond motifs is 1. The number of hydrogen-bond donors (Lipinski definition) is 1. The van der Waals surface area contributed by atoms with Gasteiger partial charge in [-0.2, -0.15) is 5.10 Å². The number of benzene rings is 2. The highest BCUT2D eigenvalue weighted by atomic mass is 32.2. The molecule has 1 aliphatic heterocycles. The average Bonchev–Trinajstić information content (AvgIpc) is 3.28. The number of nitrogens with one attached hydrogen (secondary N) is 1. The fraction of sp³-hybridized carbons (Fsp3) is 0.304. The smallest absolute Gasteiger partial charge is 0.247 e. The first-order valence-electron chi connectivity index (χ1n) is 9.84. The predicted molar refractivity (Wildman–Crippen MR) is 118 cm³/mol. The van der Waals surface area contributed by atoms with Gasteiger partial charge in [-0.05, 0) is 55.5 Å². The monoisotopic (exact) mass is 423 g/mol. The van der Waals surface area contributed by atoms with Crippen molar-refractivity contribution in [3.05, 3.63) is 60.4 Å². The molecule has 3 aromatic rings. The Labute approximate surface area is 180 Å². The zero-order valence-electron chi connectivity index (χ0n) is 17.3. The normalized spacial score (nSPS) is 13.2. The molecule has 0 fully saturated rings. The van der Waals surface area contributed by atoms with Gasteiger partial charge in [0.25, 0.3) is 0 Å². The van der Waals surface area contributed by atoms with E-state index in [1.807, 2.05) is 56.6 Å². The number of hydrogen-bond acceptors (Lipinski definition) is 5. The molecular weight excluding hydrogens is 398 g/mol. The molecule has 1 amide bonds. The van der Waals surface area contributed by atoms with E-state index in [1.165, 1.54) is 4.90 Å². The van der Waals surface area contributed by atoms with Crippen LogP contribution in [0.1, 0.15) is 19.4 Å². The van der Waals surface area contributed by atoms with Gasteiger partial charge in [0.2, 0.25) is 5.91 Å². The Morgan fingerprint density at radius 3 is 2.57 bits per heavy atom. The van der Waals surface area contributed by atoms with Gasteiger partial charge >= 0.3 is 0 Å². The van der Waals surface area contributed by atoms with Crippen molar-refractivity contribution in [3.63, 3.8) is 0 Å². The van der Waals surface area contributed by atoms with Gasteiger partial charge in [0.15, 0.2) is 11.5 Å². The zero-order chi connectivity index (χ0) is 21.1. The number of aromatic nitrogens is 2. The van der Waals surface area contributed by atoms with E-state index in [2.05, 4.69) is 22.5 Å². The number of carbonyl (C=O) groups excluding carboxylic acids is 1. The molecule has 1 N–H and O–H groups in total. The zero-order valence-corrected chi connectivity index (χ0v) is 18.2. The lowest BCUT2D eigenvalue weighted by Crippen LogP contribution is -2.44. The van der Waals surface area contributed by atoms with E-state index in [9.17, 15) is 4.79 Å². The first-order valence-corrected chi connectivity index (χ1v) is 11.1. The second-order valence-electron chi connectivity index (χ2n) is 7.62. The van der Waals surface area contributed by atoms with Crippen molar-refractivity contribution >= 4 is 17.7 Å². The molecule has 6 nitrogen and oxygen atoms in total. The minimum atomic E-state index is -0.828. The van der Waals surface area contributed by atoms with Crippen LogP contribution in [-0.4, -0.2) is 35.2 Å². The summed E-state index contributed by atoms with van der Waals surface area (Å²) >= 11 is 1.70. The summed E-state index contributed by atoms with van der Waals surface area (Å²) in [6.45, 7) is 5.31. The van der Waals surface area contributed by atoms with Gasteiger partial charge in [0.1, 0.15) is 18.8 Å². The van der Waals surface area contributed by atoms with Crippen molar-refractivity contribution < 1.29 is 14.3 Å². The number of amides is 1. The average molecular weight is 424 g/mol. The molecule has 156 valence electrons. The number of thioether (sulfide) groups is 1. The van der Waals surface area contributed by atoms with Crippen molar-refractivity contribution in [2.24, 2.45) is 0 Å². The summed E-state index contributed by atoms with van der Waals surface area (Å²) in [7, 11) is 0. The molecule has 0 spiro atoms. The highest BCUT2D eigenvalue weighted by Gasteiger charge is 2.30. The van der Waals surface area contributed by atoms with E-state index in [0.29, 0.717) is 19.8 Å². The standard InChI is InChI=1S/C23H25N3O3S/c1-23(2,22(27)24-13-16-4-7-19(30-3)8-5-16)26-15-18(14-25-26)17-6-9-20-21(12-17)29-11-10-28-20/h4-9,12,14-15H,10-11,13H2,1-3H3,(H,24,27). The quantitative estimate of drug-likeness (QED) is 0.605. The minimum Gasteiger partial charge on any atom is -0.486 e. The van der Waals surface area contributed by atoms with Gasteiger partial charge in [-0.1, -0.05) is 18.2 Å². The minimum absolute atomic E-state index is 0.0896. The Kier molecular flexibility index (Phi) is 5.72. The highest BCUT2D eigenvalue weighted by Crippen LogP contribution is 2.34. The Hall–Kier alpha value is -2.93. The third kappa shape index (κ3) is 4.16. The summed E-state index contributed by atoms with van der Waals surface area (Å²) in [5.74, 6) is 1.40. The van der Waals surface area contributed by atoms with Crippen LogP contribution in [0.25, 0.3) is 11.1 Å². The maximum absolute atomic E-state index is 12.9. The molecule has 1 aliphatic rings. The largest absolute Gasteiger partial charge is 0.486 e. The Morgan fingerprint density at radius 1 is 1.10 bits per heavy atom. The predicted octanol–water partition coefficient (Wildman–Crippen LogP) is 4.09.